The highest BCUT2D eigenvalue weighted by Gasteiger charge is 2.18. The molecule has 0 amide bonds. The van der Waals surface area contributed by atoms with E-state index < -0.39 is 10.0 Å². The summed E-state index contributed by atoms with van der Waals surface area (Å²) >= 11 is 1.85. The van der Waals surface area contributed by atoms with Crippen molar-refractivity contribution in [1.29, 1.82) is 5.26 Å². The van der Waals surface area contributed by atoms with Crippen LogP contribution in [0.3, 0.4) is 0 Å². The summed E-state index contributed by atoms with van der Waals surface area (Å²) < 4.78 is 27.5. The Hall–Kier alpha value is -2.01. The molecule has 0 aliphatic carbocycles. The van der Waals surface area contributed by atoms with Crippen LogP contribution in [0.5, 0.6) is 0 Å². The number of hydrogen-bond acceptors (Lipinski definition) is 5. The van der Waals surface area contributed by atoms with E-state index in [2.05, 4.69) is 16.7 Å². The lowest BCUT2D eigenvalue weighted by Crippen LogP contribution is -2.31. The van der Waals surface area contributed by atoms with Crippen LogP contribution in [0.4, 0.5) is 5.69 Å². The predicted octanol–water partition coefficient (Wildman–Crippen LogP) is 3.55. The van der Waals surface area contributed by atoms with Gasteiger partial charge < -0.3 is 4.90 Å². The normalized spacial score (nSPS) is 16.2. The molecule has 1 heterocycles. The summed E-state index contributed by atoms with van der Waals surface area (Å²) in [5, 5.41) is 9.54. The number of nitriles is 1. The topological polar surface area (TPSA) is 73.2 Å². The van der Waals surface area contributed by atoms with E-state index in [0.717, 1.165) is 18.0 Å². The fourth-order valence-electron chi connectivity index (χ4n) is 2.84. The van der Waals surface area contributed by atoms with E-state index >= 15 is 0 Å². The Labute approximate surface area is 159 Å². The van der Waals surface area contributed by atoms with Crippen LogP contribution in [0.2, 0.25) is 0 Å². The summed E-state index contributed by atoms with van der Waals surface area (Å²) in [6, 6.07) is 15.4. The van der Waals surface area contributed by atoms with E-state index in [1.807, 2.05) is 30.0 Å². The summed E-state index contributed by atoms with van der Waals surface area (Å²) in [5.41, 5.74) is 0.831. The summed E-state index contributed by atoms with van der Waals surface area (Å²) in [6.45, 7) is 2.24. The van der Waals surface area contributed by atoms with Crippen molar-refractivity contribution in [3.63, 3.8) is 0 Å². The molecule has 3 rings (SSSR count). The van der Waals surface area contributed by atoms with Crippen LogP contribution in [0, 0.1) is 11.3 Å². The Morgan fingerprint density at radius 2 is 1.85 bits per heavy atom. The summed E-state index contributed by atoms with van der Waals surface area (Å²) in [5.74, 6) is 0. The quantitative estimate of drug-likeness (QED) is 0.849. The molecule has 1 N–H and O–H groups in total. The van der Waals surface area contributed by atoms with Gasteiger partial charge >= 0.3 is 0 Å². The van der Waals surface area contributed by atoms with Gasteiger partial charge in [-0.15, -0.1) is 11.8 Å². The van der Waals surface area contributed by atoms with E-state index in [4.69, 9.17) is 5.26 Å². The van der Waals surface area contributed by atoms with Crippen molar-refractivity contribution >= 4 is 27.5 Å². The number of piperidine rings is 1. The van der Waals surface area contributed by atoms with Gasteiger partial charge in [0.05, 0.1) is 16.5 Å². The van der Waals surface area contributed by atoms with Crippen molar-refractivity contribution in [2.45, 2.75) is 27.9 Å². The smallest absolute Gasteiger partial charge is 0.261 e. The minimum Gasteiger partial charge on any atom is -0.306 e. The first-order valence-corrected chi connectivity index (χ1v) is 10.8. The Morgan fingerprint density at radius 3 is 2.50 bits per heavy atom. The van der Waals surface area contributed by atoms with E-state index in [9.17, 15) is 8.42 Å². The van der Waals surface area contributed by atoms with Crippen LogP contribution < -0.4 is 4.72 Å². The van der Waals surface area contributed by atoms with Crippen LogP contribution in [0.1, 0.15) is 18.4 Å². The highest BCUT2D eigenvalue weighted by atomic mass is 32.2. The van der Waals surface area contributed by atoms with Gasteiger partial charge in [0.25, 0.3) is 10.0 Å². The highest BCUT2D eigenvalue weighted by Crippen LogP contribution is 2.31. The van der Waals surface area contributed by atoms with Gasteiger partial charge in [-0.3, -0.25) is 4.72 Å². The van der Waals surface area contributed by atoms with Gasteiger partial charge in [0, 0.05) is 15.8 Å². The lowest BCUT2D eigenvalue weighted by atomic mass is 10.1. The Bertz CT molecular complexity index is 897. The standard InChI is InChI=1S/C19H21N3O2S2/c1-22-11-9-18(10-12-22)25-17-7-5-16(6-8-17)21-26(23,24)19-4-2-3-15(13-19)14-20/h2-8,13,18,21H,9-12H2,1H3. The first kappa shape index (κ1) is 18.8. The summed E-state index contributed by atoms with van der Waals surface area (Å²) in [6.07, 6.45) is 2.34. The lowest BCUT2D eigenvalue weighted by molar-refractivity contribution is 0.282. The zero-order valence-corrected chi connectivity index (χ0v) is 16.2. The van der Waals surface area contributed by atoms with Crippen molar-refractivity contribution in [3.8, 4) is 6.07 Å². The van der Waals surface area contributed by atoms with Gasteiger partial charge in [-0.1, -0.05) is 6.07 Å². The molecule has 1 aliphatic rings. The maximum absolute atomic E-state index is 12.5. The van der Waals surface area contributed by atoms with Gasteiger partial charge in [0.1, 0.15) is 0 Å². The number of rotatable bonds is 5. The Kier molecular flexibility index (Phi) is 5.87. The van der Waals surface area contributed by atoms with E-state index in [1.54, 1.807) is 24.3 Å². The van der Waals surface area contributed by atoms with Gasteiger partial charge in [0.15, 0.2) is 0 Å². The molecule has 26 heavy (non-hydrogen) atoms. The number of sulfonamides is 1. The maximum Gasteiger partial charge on any atom is 0.261 e. The minimum atomic E-state index is -3.71. The second-order valence-electron chi connectivity index (χ2n) is 6.39. The molecule has 2 aromatic rings. The third-order valence-electron chi connectivity index (χ3n) is 4.35. The molecule has 0 bridgehead atoms. The van der Waals surface area contributed by atoms with Crippen molar-refractivity contribution in [2.75, 3.05) is 24.9 Å². The monoisotopic (exact) mass is 387 g/mol. The van der Waals surface area contributed by atoms with Crippen LogP contribution in [0.25, 0.3) is 0 Å². The predicted molar refractivity (Wildman–Crippen MR) is 105 cm³/mol. The minimum absolute atomic E-state index is 0.0846. The largest absolute Gasteiger partial charge is 0.306 e. The summed E-state index contributed by atoms with van der Waals surface area (Å²) in [4.78, 5) is 3.58. The summed E-state index contributed by atoms with van der Waals surface area (Å²) in [7, 11) is -1.56. The molecular weight excluding hydrogens is 366 g/mol. The van der Waals surface area contributed by atoms with Crippen LogP contribution in [-0.2, 0) is 10.0 Å². The molecule has 0 aromatic heterocycles. The van der Waals surface area contributed by atoms with Gasteiger partial charge in [-0.2, -0.15) is 5.26 Å². The first-order valence-electron chi connectivity index (χ1n) is 8.44. The molecule has 0 spiro atoms. The highest BCUT2D eigenvalue weighted by molar-refractivity contribution is 8.00. The number of hydrogen-bond donors (Lipinski definition) is 1. The van der Waals surface area contributed by atoms with E-state index in [1.165, 1.54) is 25.0 Å². The Balaban J connectivity index is 1.66. The average Bonchev–Trinajstić information content (AvgIpc) is 2.65. The zero-order chi connectivity index (χ0) is 18.6. The maximum atomic E-state index is 12.5. The molecule has 1 aliphatic heterocycles. The van der Waals surface area contributed by atoms with Crippen molar-refractivity contribution < 1.29 is 8.42 Å². The van der Waals surface area contributed by atoms with Crippen molar-refractivity contribution in [3.05, 3.63) is 54.1 Å². The second-order valence-corrected chi connectivity index (χ2v) is 9.45. The van der Waals surface area contributed by atoms with Crippen LogP contribution in [0.15, 0.2) is 58.3 Å². The number of benzene rings is 2. The SMILES string of the molecule is CN1CCC(Sc2ccc(NS(=O)(=O)c3cccc(C#N)c3)cc2)CC1. The number of thioether (sulfide) groups is 1. The first-order chi connectivity index (χ1) is 12.5. The molecule has 5 nitrogen and oxygen atoms in total. The molecule has 7 heteroatoms. The lowest BCUT2D eigenvalue weighted by Gasteiger charge is -2.28. The molecule has 1 fully saturated rings. The van der Waals surface area contributed by atoms with Crippen LogP contribution >= 0.6 is 11.8 Å². The molecule has 0 saturated carbocycles. The van der Waals surface area contributed by atoms with E-state index in [0.29, 0.717) is 16.5 Å². The molecule has 2 aromatic carbocycles. The molecule has 0 unspecified atom stereocenters. The van der Waals surface area contributed by atoms with Gasteiger partial charge in [-0.05, 0) is 75.4 Å². The third kappa shape index (κ3) is 4.79. The number of anilines is 1. The molecular formula is C19H21N3O2S2. The Morgan fingerprint density at radius 1 is 1.15 bits per heavy atom. The average molecular weight is 388 g/mol. The second kappa shape index (κ2) is 8.12. The van der Waals surface area contributed by atoms with Crippen molar-refractivity contribution in [1.82, 2.24) is 4.90 Å². The molecule has 0 atom stereocenters. The molecule has 0 radical (unpaired) electrons. The fraction of sp³-hybridized carbons (Fsp3) is 0.316. The molecule has 1 saturated heterocycles. The number of nitrogens with one attached hydrogen (secondary N) is 1. The fourth-order valence-corrected chi connectivity index (χ4v) is 5.07. The number of nitrogens with zero attached hydrogens (tertiary/aromatic N) is 2. The zero-order valence-electron chi connectivity index (χ0n) is 14.6. The molecule has 136 valence electrons. The van der Waals surface area contributed by atoms with Crippen LogP contribution in [-0.4, -0.2) is 38.7 Å². The van der Waals surface area contributed by atoms with Crippen molar-refractivity contribution in [2.24, 2.45) is 0 Å². The van der Waals surface area contributed by atoms with Gasteiger partial charge in [0.2, 0.25) is 0 Å². The number of likely N-dealkylation sites (tertiary alicyclic amines) is 1. The van der Waals surface area contributed by atoms with E-state index in [-0.39, 0.29) is 4.90 Å². The third-order valence-corrected chi connectivity index (χ3v) is 7.08. The van der Waals surface area contributed by atoms with Gasteiger partial charge in [-0.25, -0.2) is 8.42 Å².